The molecule has 0 spiro atoms. The van der Waals surface area contributed by atoms with Gasteiger partial charge in [0.25, 0.3) is 10.0 Å². The molecule has 7 heteroatoms. The normalized spacial score (nSPS) is 12.2. The van der Waals surface area contributed by atoms with Crippen LogP contribution in [0, 0.1) is 0 Å². The minimum Gasteiger partial charge on any atom is -0.206 e. The summed E-state index contributed by atoms with van der Waals surface area (Å²) in [6.07, 6.45) is 6.08. The van der Waals surface area contributed by atoms with Gasteiger partial charge >= 0.3 is 0 Å². The summed E-state index contributed by atoms with van der Waals surface area (Å²) >= 11 is 10.4. The Kier molecular flexibility index (Phi) is 8.79. The van der Waals surface area contributed by atoms with E-state index in [0.29, 0.717) is 26.1 Å². The molecule has 1 heterocycles. The molecule has 0 saturated heterocycles. The summed E-state index contributed by atoms with van der Waals surface area (Å²) in [6, 6.07) is 1.54. The van der Waals surface area contributed by atoms with Crippen LogP contribution in [0.15, 0.2) is 14.1 Å². The van der Waals surface area contributed by atoms with Crippen LogP contribution < -0.4 is 0 Å². The lowest BCUT2D eigenvalue weighted by atomic mass is 10.2. The summed E-state index contributed by atoms with van der Waals surface area (Å²) in [5, 5.41) is 0.459. The van der Waals surface area contributed by atoms with Crippen LogP contribution in [-0.4, -0.2) is 25.8 Å². The summed E-state index contributed by atoms with van der Waals surface area (Å²) in [6.45, 7) is 5.41. The second kappa shape index (κ2) is 9.50. The minimum absolute atomic E-state index is 0.326. The Morgan fingerprint density at radius 1 is 1.14 bits per heavy atom. The van der Waals surface area contributed by atoms with Crippen LogP contribution in [-0.2, 0) is 10.0 Å². The maximum Gasteiger partial charge on any atom is 0.252 e. The summed E-state index contributed by atoms with van der Waals surface area (Å²) in [7, 11) is -3.43. The molecule has 0 saturated carbocycles. The van der Waals surface area contributed by atoms with Crippen molar-refractivity contribution < 1.29 is 8.42 Å². The third-order valence-corrected chi connectivity index (χ3v) is 8.06. The molecule has 0 atom stereocenters. The number of unbranched alkanes of at least 4 members (excludes halogenated alkanes) is 4. The monoisotopic (exact) mass is 415 g/mol. The van der Waals surface area contributed by atoms with E-state index in [4.69, 9.17) is 11.6 Å². The van der Waals surface area contributed by atoms with Gasteiger partial charge in [0.05, 0.1) is 8.81 Å². The lowest BCUT2D eigenvalue weighted by Crippen LogP contribution is -2.32. The van der Waals surface area contributed by atoms with Crippen molar-refractivity contribution >= 4 is 48.9 Å². The van der Waals surface area contributed by atoms with E-state index in [1.807, 2.05) is 0 Å². The fourth-order valence-electron chi connectivity index (χ4n) is 2.01. The van der Waals surface area contributed by atoms with E-state index in [9.17, 15) is 8.42 Å². The predicted molar refractivity (Wildman–Crippen MR) is 94.8 cm³/mol. The number of hydrogen-bond acceptors (Lipinski definition) is 3. The molecule has 0 fully saturated rings. The van der Waals surface area contributed by atoms with Gasteiger partial charge < -0.3 is 0 Å². The zero-order valence-electron chi connectivity index (χ0n) is 12.6. The minimum atomic E-state index is -3.43. The molecule has 3 nitrogen and oxygen atoms in total. The predicted octanol–water partition coefficient (Wildman–Crippen LogP) is 5.54. The molecule has 0 aliphatic heterocycles. The lowest BCUT2D eigenvalue weighted by Gasteiger charge is -2.21. The molecule has 122 valence electrons. The van der Waals surface area contributed by atoms with Crippen LogP contribution in [0.1, 0.15) is 52.4 Å². The summed E-state index contributed by atoms with van der Waals surface area (Å²) in [4.78, 5) is 0. The van der Waals surface area contributed by atoms with Gasteiger partial charge in [0, 0.05) is 13.1 Å². The number of hydrogen-bond donors (Lipinski definition) is 0. The standard InChI is InChI=1S/C14H23BrClNO2S2/c1-3-5-7-9-17(10-8-6-4-2)21(18,19)13-11-12(16)14(15)20-13/h11H,3-10H2,1-2H3. The molecule has 0 aliphatic carbocycles. The highest BCUT2D eigenvalue weighted by Gasteiger charge is 2.26. The molecule has 0 amide bonds. The fraction of sp³-hybridized carbons (Fsp3) is 0.714. The van der Waals surface area contributed by atoms with E-state index in [-0.39, 0.29) is 0 Å². The Morgan fingerprint density at radius 2 is 1.67 bits per heavy atom. The van der Waals surface area contributed by atoms with Crippen LogP contribution in [0.25, 0.3) is 0 Å². The number of thiophene rings is 1. The van der Waals surface area contributed by atoms with E-state index >= 15 is 0 Å². The lowest BCUT2D eigenvalue weighted by molar-refractivity contribution is 0.389. The zero-order valence-corrected chi connectivity index (χ0v) is 16.5. The van der Waals surface area contributed by atoms with E-state index in [1.54, 1.807) is 4.31 Å². The van der Waals surface area contributed by atoms with Crippen LogP contribution >= 0.6 is 38.9 Å². The molecule has 0 bridgehead atoms. The molecular weight excluding hydrogens is 394 g/mol. The summed E-state index contributed by atoms with van der Waals surface area (Å²) in [5.74, 6) is 0. The smallest absolute Gasteiger partial charge is 0.206 e. The number of rotatable bonds is 10. The van der Waals surface area contributed by atoms with Gasteiger partial charge in [0.15, 0.2) is 0 Å². The molecule has 1 rings (SSSR count). The Labute approximate surface area is 145 Å². The van der Waals surface area contributed by atoms with E-state index in [0.717, 1.165) is 38.5 Å². The third-order valence-electron chi connectivity index (χ3n) is 3.24. The SMILES string of the molecule is CCCCCN(CCCCC)S(=O)(=O)c1cc(Cl)c(Br)s1. The van der Waals surface area contributed by atoms with Crippen molar-refractivity contribution in [2.75, 3.05) is 13.1 Å². The maximum atomic E-state index is 12.7. The third kappa shape index (κ3) is 5.82. The number of nitrogens with zero attached hydrogens (tertiary/aromatic N) is 1. The van der Waals surface area contributed by atoms with Gasteiger partial charge in [-0.3, -0.25) is 0 Å². The Bertz CT molecular complexity index is 502. The van der Waals surface area contributed by atoms with Crippen molar-refractivity contribution in [1.29, 1.82) is 0 Å². The first-order valence-electron chi connectivity index (χ1n) is 7.38. The second-order valence-corrected chi connectivity index (χ2v) is 9.95. The first kappa shape index (κ1) is 19.4. The van der Waals surface area contributed by atoms with Crippen LogP contribution in [0.3, 0.4) is 0 Å². The topological polar surface area (TPSA) is 37.4 Å². The second-order valence-electron chi connectivity index (χ2n) is 5.01. The fourth-order valence-corrected chi connectivity index (χ4v) is 6.08. The summed E-state index contributed by atoms with van der Waals surface area (Å²) < 4.78 is 28.1. The highest BCUT2D eigenvalue weighted by atomic mass is 79.9. The molecular formula is C14H23BrClNO2S2. The molecule has 1 aromatic heterocycles. The van der Waals surface area contributed by atoms with Crippen LogP contribution in [0.4, 0.5) is 0 Å². The van der Waals surface area contributed by atoms with Crippen molar-refractivity contribution in [2.24, 2.45) is 0 Å². The van der Waals surface area contributed by atoms with Gasteiger partial charge in [-0.2, -0.15) is 4.31 Å². The van der Waals surface area contributed by atoms with Crippen molar-refractivity contribution in [3.05, 3.63) is 14.9 Å². The highest BCUT2D eigenvalue weighted by molar-refractivity contribution is 9.11. The molecule has 0 aliphatic rings. The zero-order chi connectivity index (χ0) is 15.9. The average molecular weight is 417 g/mol. The van der Waals surface area contributed by atoms with Crippen molar-refractivity contribution in [1.82, 2.24) is 4.31 Å². The molecule has 1 aromatic rings. The van der Waals surface area contributed by atoms with E-state index < -0.39 is 10.0 Å². The Hall–Kier alpha value is 0.380. The molecule has 0 unspecified atom stereocenters. The molecule has 0 aromatic carbocycles. The average Bonchev–Trinajstić information content (AvgIpc) is 2.78. The van der Waals surface area contributed by atoms with E-state index in [1.165, 1.54) is 17.4 Å². The summed E-state index contributed by atoms with van der Waals surface area (Å²) in [5.41, 5.74) is 0. The van der Waals surface area contributed by atoms with Gasteiger partial charge in [-0.15, -0.1) is 11.3 Å². The van der Waals surface area contributed by atoms with Gasteiger partial charge in [-0.1, -0.05) is 51.1 Å². The van der Waals surface area contributed by atoms with Crippen LogP contribution in [0.2, 0.25) is 5.02 Å². The molecule has 0 N–H and O–H groups in total. The van der Waals surface area contributed by atoms with Gasteiger partial charge in [-0.05, 0) is 34.8 Å². The largest absolute Gasteiger partial charge is 0.252 e. The number of halogens is 2. The highest BCUT2D eigenvalue weighted by Crippen LogP contribution is 2.36. The van der Waals surface area contributed by atoms with Crippen LogP contribution in [0.5, 0.6) is 0 Å². The first-order chi connectivity index (χ1) is 9.93. The van der Waals surface area contributed by atoms with Crippen molar-refractivity contribution in [3.63, 3.8) is 0 Å². The quantitative estimate of drug-likeness (QED) is 0.470. The molecule has 21 heavy (non-hydrogen) atoms. The van der Waals surface area contributed by atoms with Crippen molar-refractivity contribution in [2.45, 2.75) is 56.6 Å². The van der Waals surface area contributed by atoms with Crippen molar-refractivity contribution in [3.8, 4) is 0 Å². The van der Waals surface area contributed by atoms with E-state index in [2.05, 4.69) is 29.8 Å². The van der Waals surface area contributed by atoms with Gasteiger partial charge in [-0.25, -0.2) is 8.42 Å². The number of sulfonamides is 1. The van der Waals surface area contributed by atoms with Gasteiger partial charge in [0.1, 0.15) is 4.21 Å². The Balaban J connectivity index is 2.87. The molecule has 0 radical (unpaired) electrons. The first-order valence-corrected chi connectivity index (χ1v) is 10.8. The maximum absolute atomic E-state index is 12.7. The van der Waals surface area contributed by atoms with Gasteiger partial charge in [0.2, 0.25) is 0 Å². The Morgan fingerprint density at radius 3 is 2.05 bits per heavy atom.